The number of carbonyl (C=O) groups is 1. The molecule has 7 nitrogen and oxygen atoms in total. The Morgan fingerprint density at radius 2 is 1.92 bits per heavy atom. The maximum atomic E-state index is 11.9. The molecule has 0 aromatic heterocycles. The van der Waals surface area contributed by atoms with Crippen LogP contribution < -0.4 is 10.5 Å². The van der Waals surface area contributed by atoms with Gasteiger partial charge >= 0.3 is 11.7 Å². The molecule has 1 aromatic carbocycles. The third-order valence-corrected chi connectivity index (χ3v) is 3.94. The van der Waals surface area contributed by atoms with Crippen molar-refractivity contribution in [3.8, 4) is 5.75 Å². The van der Waals surface area contributed by atoms with Crippen molar-refractivity contribution in [3.63, 3.8) is 0 Å². The summed E-state index contributed by atoms with van der Waals surface area (Å²) in [4.78, 5) is 22.4. The summed E-state index contributed by atoms with van der Waals surface area (Å²) < 4.78 is 10.1. The highest BCUT2D eigenvalue weighted by molar-refractivity contribution is 5.76. The SMILES string of the molecule is CCCCCCCCOC(=O)[C@H](N)Cc1ccc(OC)c([N+](=O)[O-])c1. The van der Waals surface area contributed by atoms with Crippen LogP contribution in [0, 0.1) is 10.1 Å². The Morgan fingerprint density at radius 3 is 2.56 bits per heavy atom. The van der Waals surface area contributed by atoms with Crippen LogP contribution in [0.5, 0.6) is 5.75 Å². The van der Waals surface area contributed by atoms with Crippen LogP contribution in [0.1, 0.15) is 51.0 Å². The Balaban J connectivity index is 2.42. The van der Waals surface area contributed by atoms with Gasteiger partial charge in [-0.3, -0.25) is 14.9 Å². The zero-order valence-corrected chi connectivity index (χ0v) is 15.0. The van der Waals surface area contributed by atoms with Crippen LogP contribution in [0.4, 0.5) is 5.69 Å². The second kappa shape index (κ2) is 11.4. The number of nitro groups is 1. The number of methoxy groups -OCH3 is 1. The van der Waals surface area contributed by atoms with Crippen LogP contribution >= 0.6 is 0 Å². The Morgan fingerprint density at radius 1 is 1.24 bits per heavy atom. The molecule has 0 heterocycles. The molecule has 0 aliphatic rings. The number of unbranched alkanes of at least 4 members (excludes halogenated alkanes) is 5. The molecule has 25 heavy (non-hydrogen) atoms. The lowest BCUT2D eigenvalue weighted by Crippen LogP contribution is -2.34. The van der Waals surface area contributed by atoms with Crippen molar-refractivity contribution in [1.82, 2.24) is 0 Å². The van der Waals surface area contributed by atoms with Crippen molar-refractivity contribution in [2.24, 2.45) is 5.73 Å². The van der Waals surface area contributed by atoms with E-state index < -0.39 is 16.9 Å². The fourth-order valence-electron chi connectivity index (χ4n) is 2.50. The van der Waals surface area contributed by atoms with E-state index >= 15 is 0 Å². The van der Waals surface area contributed by atoms with Gasteiger partial charge in [0, 0.05) is 6.07 Å². The molecule has 2 N–H and O–H groups in total. The van der Waals surface area contributed by atoms with E-state index in [0.29, 0.717) is 12.2 Å². The third-order valence-electron chi connectivity index (χ3n) is 3.94. The average molecular weight is 352 g/mol. The number of ether oxygens (including phenoxy) is 2. The lowest BCUT2D eigenvalue weighted by molar-refractivity contribution is -0.385. The van der Waals surface area contributed by atoms with E-state index in [-0.39, 0.29) is 17.9 Å². The van der Waals surface area contributed by atoms with Crippen molar-refractivity contribution < 1.29 is 19.2 Å². The Hall–Kier alpha value is -2.15. The predicted octanol–water partition coefficient (Wildman–Crippen LogP) is 3.38. The Labute approximate surface area is 148 Å². The first-order valence-electron chi connectivity index (χ1n) is 8.73. The first-order chi connectivity index (χ1) is 12.0. The van der Waals surface area contributed by atoms with Crippen molar-refractivity contribution in [2.45, 2.75) is 57.9 Å². The van der Waals surface area contributed by atoms with Gasteiger partial charge in [-0.1, -0.05) is 45.1 Å². The molecule has 7 heteroatoms. The van der Waals surface area contributed by atoms with Gasteiger partial charge in [-0.25, -0.2) is 0 Å². The van der Waals surface area contributed by atoms with E-state index in [1.165, 1.54) is 38.5 Å². The van der Waals surface area contributed by atoms with Crippen LogP contribution in [-0.2, 0) is 16.0 Å². The lowest BCUT2D eigenvalue weighted by atomic mass is 10.1. The fourth-order valence-corrected chi connectivity index (χ4v) is 2.50. The number of nitro benzene ring substituents is 1. The topological polar surface area (TPSA) is 105 Å². The number of nitrogens with zero attached hydrogens (tertiary/aromatic N) is 1. The Bertz CT molecular complexity index is 562. The van der Waals surface area contributed by atoms with E-state index in [0.717, 1.165) is 19.3 Å². The summed E-state index contributed by atoms with van der Waals surface area (Å²) in [7, 11) is 1.37. The van der Waals surface area contributed by atoms with Gasteiger partial charge in [-0.05, 0) is 24.5 Å². The van der Waals surface area contributed by atoms with Gasteiger partial charge in [0.2, 0.25) is 0 Å². The molecule has 1 aromatic rings. The van der Waals surface area contributed by atoms with Crippen molar-refractivity contribution >= 4 is 11.7 Å². The molecule has 0 unspecified atom stereocenters. The molecule has 0 amide bonds. The summed E-state index contributed by atoms with van der Waals surface area (Å²) in [5, 5.41) is 11.0. The molecule has 140 valence electrons. The van der Waals surface area contributed by atoms with Crippen LogP contribution in [0.15, 0.2) is 18.2 Å². The molecule has 0 aliphatic carbocycles. The van der Waals surface area contributed by atoms with Gasteiger partial charge in [0.25, 0.3) is 0 Å². The molecule has 1 atom stereocenters. The molecule has 0 saturated heterocycles. The molecule has 0 radical (unpaired) electrons. The molecule has 0 saturated carbocycles. The van der Waals surface area contributed by atoms with Crippen LogP contribution in [0.25, 0.3) is 0 Å². The minimum atomic E-state index is -0.840. The van der Waals surface area contributed by atoms with E-state index in [1.54, 1.807) is 6.07 Å². The lowest BCUT2D eigenvalue weighted by Gasteiger charge is -2.12. The number of hydrogen-bond acceptors (Lipinski definition) is 6. The van der Waals surface area contributed by atoms with E-state index in [9.17, 15) is 14.9 Å². The Kier molecular flexibility index (Phi) is 9.54. The second-order valence-electron chi connectivity index (χ2n) is 6.01. The number of carbonyl (C=O) groups excluding carboxylic acids is 1. The summed E-state index contributed by atoms with van der Waals surface area (Å²) in [6.07, 6.45) is 6.84. The first kappa shape index (κ1) is 20.9. The minimum absolute atomic E-state index is 0.146. The number of hydrogen-bond donors (Lipinski definition) is 1. The molecule has 0 aliphatic heterocycles. The predicted molar refractivity (Wildman–Crippen MR) is 95.7 cm³/mol. The molecular weight excluding hydrogens is 324 g/mol. The average Bonchev–Trinajstić information content (AvgIpc) is 2.60. The summed E-state index contributed by atoms with van der Waals surface area (Å²) >= 11 is 0. The number of esters is 1. The maximum absolute atomic E-state index is 11.9. The molecule has 0 spiro atoms. The van der Waals surface area contributed by atoms with Gasteiger partial charge in [0.05, 0.1) is 18.6 Å². The highest BCUT2D eigenvalue weighted by atomic mass is 16.6. The molecule has 0 fully saturated rings. The highest BCUT2D eigenvalue weighted by Crippen LogP contribution is 2.27. The highest BCUT2D eigenvalue weighted by Gasteiger charge is 2.19. The number of rotatable bonds is 12. The van der Waals surface area contributed by atoms with Gasteiger partial charge in [-0.15, -0.1) is 0 Å². The van der Waals surface area contributed by atoms with Crippen molar-refractivity contribution in [2.75, 3.05) is 13.7 Å². The summed E-state index contributed by atoms with van der Waals surface area (Å²) in [5.41, 5.74) is 6.30. The van der Waals surface area contributed by atoms with Crippen LogP contribution in [0.3, 0.4) is 0 Å². The van der Waals surface area contributed by atoms with Crippen molar-refractivity contribution in [1.29, 1.82) is 0 Å². The van der Waals surface area contributed by atoms with Crippen molar-refractivity contribution in [3.05, 3.63) is 33.9 Å². The monoisotopic (exact) mass is 352 g/mol. The second-order valence-corrected chi connectivity index (χ2v) is 6.01. The maximum Gasteiger partial charge on any atom is 0.323 e. The van der Waals surface area contributed by atoms with Gasteiger partial charge < -0.3 is 15.2 Å². The normalized spacial score (nSPS) is 11.8. The largest absolute Gasteiger partial charge is 0.490 e. The summed E-state index contributed by atoms with van der Waals surface area (Å²) in [6.45, 7) is 2.53. The quantitative estimate of drug-likeness (QED) is 0.268. The smallest absolute Gasteiger partial charge is 0.323 e. The fraction of sp³-hybridized carbons (Fsp3) is 0.611. The van der Waals surface area contributed by atoms with Crippen LogP contribution in [0.2, 0.25) is 0 Å². The standard InChI is InChI=1S/C18H28N2O5/c1-3-4-5-6-7-8-11-25-18(21)15(19)12-14-9-10-17(24-2)16(13-14)20(22)23/h9-10,13,15H,3-8,11-12,19H2,1-2H3/t15-/m1/s1. The van der Waals surface area contributed by atoms with E-state index in [4.69, 9.17) is 15.2 Å². The van der Waals surface area contributed by atoms with Crippen LogP contribution in [-0.4, -0.2) is 30.7 Å². The number of benzene rings is 1. The van der Waals surface area contributed by atoms with Gasteiger partial charge in [0.15, 0.2) is 5.75 Å². The molecule has 0 bridgehead atoms. The minimum Gasteiger partial charge on any atom is -0.490 e. The molecular formula is C18H28N2O5. The summed E-state index contributed by atoms with van der Waals surface area (Å²) in [5.74, 6) is -0.306. The first-order valence-corrected chi connectivity index (χ1v) is 8.73. The zero-order chi connectivity index (χ0) is 18.7. The molecule has 1 rings (SSSR count). The van der Waals surface area contributed by atoms with E-state index in [2.05, 4.69) is 6.92 Å². The van der Waals surface area contributed by atoms with E-state index in [1.807, 2.05) is 0 Å². The number of nitrogens with two attached hydrogens (primary N) is 1. The summed E-state index contributed by atoms with van der Waals surface area (Å²) in [6, 6.07) is 3.70. The zero-order valence-electron chi connectivity index (χ0n) is 15.0. The van der Waals surface area contributed by atoms with Gasteiger partial charge in [0.1, 0.15) is 6.04 Å². The third kappa shape index (κ3) is 7.51. The van der Waals surface area contributed by atoms with Gasteiger partial charge in [-0.2, -0.15) is 0 Å².